The average molecular weight is 324 g/mol. The minimum Gasteiger partial charge on any atom is -0.483 e. The number of pyridine rings is 1. The third kappa shape index (κ3) is 3.22. The van der Waals surface area contributed by atoms with E-state index in [4.69, 9.17) is 4.74 Å². The zero-order chi connectivity index (χ0) is 17.1. The number of nitrogens with one attached hydrogen (secondary N) is 1. The Morgan fingerprint density at radius 1 is 1.33 bits per heavy atom. The lowest BCUT2D eigenvalue weighted by molar-refractivity contribution is -0.118. The summed E-state index contributed by atoms with van der Waals surface area (Å²) >= 11 is 0. The molecule has 0 bridgehead atoms. The number of aryl methyl sites for hydroxylation is 3. The SMILES string of the molecule is CCc1ccccc1OCC(=O)Nc1cnc2c(c1)c(C)nn2C. The lowest BCUT2D eigenvalue weighted by atomic mass is 10.1. The molecular weight excluding hydrogens is 304 g/mol. The van der Waals surface area contributed by atoms with E-state index in [1.807, 2.05) is 44.3 Å². The fourth-order valence-corrected chi connectivity index (χ4v) is 2.65. The first-order valence-corrected chi connectivity index (χ1v) is 7.88. The van der Waals surface area contributed by atoms with Crippen molar-refractivity contribution >= 4 is 22.6 Å². The summed E-state index contributed by atoms with van der Waals surface area (Å²) in [7, 11) is 1.85. The highest BCUT2D eigenvalue weighted by atomic mass is 16.5. The summed E-state index contributed by atoms with van der Waals surface area (Å²) in [5.41, 5.74) is 3.39. The van der Waals surface area contributed by atoms with Crippen molar-refractivity contribution in [1.82, 2.24) is 14.8 Å². The number of benzene rings is 1. The predicted molar refractivity (Wildman–Crippen MR) is 93.2 cm³/mol. The largest absolute Gasteiger partial charge is 0.483 e. The number of hydrogen-bond donors (Lipinski definition) is 1. The number of para-hydroxylation sites is 1. The van der Waals surface area contributed by atoms with Crippen molar-refractivity contribution in [2.75, 3.05) is 11.9 Å². The Hall–Kier alpha value is -2.89. The van der Waals surface area contributed by atoms with Gasteiger partial charge in [-0.2, -0.15) is 5.10 Å². The lowest BCUT2D eigenvalue weighted by Crippen LogP contribution is -2.20. The summed E-state index contributed by atoms with van der Waals surface area (Å²) in [6.07, 6.45) is 2.49. The van der Waals surface area contributed by atoms with Crippen molar-refractivity contribution in [1.29, 1.82) is 0 Å². The fraction of sp³-hybridized carbons (Fsp3) is 0.278. The van der Waals surface area contributed by atoms with Gasteiger partial charge in [-0.1, -0.05) is 25.1 Å². The number of hydrogen-bond acceptors (Lipinski definition) is 4. The summed E-state index contributed by atoms with van der Waals surface area (Å²) in [4.78, 5) is 16.5. The van der Waals surface area contributed by atoms with Gasteiger partial charge in [-0.3, -0.25) is 9.48 Å². The van der Waals surface area contributed by atoms with Gasteiger partial charge in [-0.25, -0.2) is 4.98 Å². The van der Waals surface area contributed by atoms with Crippen molar-refractivity contribution < 1.29 is 9.53 Å². The zero-order valence-electron chi connectivity index (χ0n) is 14.0. The molecule has 2 aromatic heterocycles. The zero-order valence-corrected chi connectivity index (χ0v) is 14.0. The molecule has 24 heavy (non-hydrogen) atoms. The first-order valence-electron chi connectivity index (χ1n) is 7.88. The van der Waals surface area contributed by atoms with Crippen molar-refractivity contribution in [3.63, 3.8) is 0 Å². The molecular formula is C18H20N4O2. The van der Waals surface area contributed by atoms with Gasteiger partial charge in [0.05, 0.1) is 17.6 Å². The normalized spacial score (nSPS) is 10.8. The van der Waals surface area contributed by atoms with Gasteiger partial charge in [0.1, 0.15) is 5.75 Å². The Morgan fingerprint density at radius 3 is 2.92 bits per heavy atom. The molecule has 0 aliphatic heterocycles. The maximum Gasteiger partial charge on any atom is 0.262 e. The van der Waals surface area contributed by atoms with Crippen LogP contribution in [0.5, 0.6) is 5.75 Å². The van der Waals surface area contributed by atoms with Crippen LogP contribution in [-0.4, -0.2) is 27.3 Å². The Bertz CT molecular complexity index is 886. The Balaban J connectivity index is 1.67. The number of fused-ring (bicyclic) bond motifs is 1. The van der Waals surface area contributed by atoms with Crippen LogP contribution in [0.15, 0.2) is 36.5 Å². The van der Waals surface area contributed by atoms with E-state index in [9.17, 15) is 4.79 Å². The third-order valence-electron chi connectivity index (χ3n) is 3.86. The van der Waals surface area contributed by atoms with Gasteiger partial charge in [0, 0.05) is 12.4 Å². The highest BCUT2D eigenvalue weighted by Crippen LogP contribution is 2.20. The molecule has 3 rings (SSSR count). The predicted octanol–water partition coefficient (Wildman–Crippen LogP) is 2.86. The summed E-state index contributed by atoms with van der Waals surface area (Å²) in [5.74, 6) is 0.524. The average Bonchev–Trinajstić information content (AvgIpc) is 2.87. The number of nitrogens with zero attached hydrogens (tertiary/aromatic N) is 3. The van der Waals surface area contributed by atoms with E-state index in [2.05, 4.69) is 22.3 Å². The standard InChI is InChI=1S/C18H20N4O2/c1-4-13-7-5-6-8-16(13)24-11-17(23)20-14-9-15-12(2)21-22(3)18(15)19-10-14/h5-10H,4,11H2,1-3H3,(H,20,23). The van der Waals surface area contributed by atoms with Gasteiger partial charge in [-0.15, -0.1) is 0 Å². The van der Waals surface area contributed by atoms with Gasteiger partial charge in [0.25, 0.3) is 5.91 Å². The Kier molecular flexibility index (Phi) is 4.46. The Morgan fingerprint density at radius 2 is 2.12 bits per heavy atom. The van der Waals surface area contributed by atoms with E-state index < -0.39 is 0 Å². The quantitative estimate of drug-likeness (QED) is 0.783. The summed E-state index contributed by atoms with van der Waals surface area (Å²) in [5, 5.41) is 8.06. The van der Waals surface area contributed by atoms with Gasteiger partial charge < -0.3 is 10.1 Å². The molecule has 0 unspecified atom stereocenters. The summed E-state index contributed by atoms with van der Waals surface area (Å²) < 4.78 is 7.35. The minimum absolute atomic E-state index is 0.0406. The maximum absolute atomic E-state index is 12.1. The number of carbonyl (C=O) groups is 1. The number of anilines is 1. The van der Waals surface area contributed by atoms with E-state index in [0.29, 0.717) is 5.69 Å². The number of ether oxygens (including phenoxy) is 1. The van der Waals surface area contributed by atoms with Crippen LogP contribution in [0.1, 0.15) is 18.2 Å². The molecule has 2 heterocycles. The first-order chi connectivity index (χ1) is 11.6. The van der Waals surface area contributed by atoms with Crippen LogP contribution in [0, 0.1) is 6.92 Å². The van der Waals surface area contributed by atoms with Crippen LogP contribution in [-0.2, 0) is 18.3 Å². The second-order valence-corrected chi connectivity index (χ2v) is 5.60. The van der Waals surface area contributed by atoms with Crippen LogP contribution in [0.25, 0.3) is 11.0 Å². The molecule has 0 radical (unpaired) electrons. The van der Waals surface area contributed by atoms with Crippen LogP contribution in [0.4, 0.5) is 5.69 Å². The van der Waals surface area contributed by atoms with Gasteiger partial charge in [0.2, 0.25) is 0 Å². The third-order valence-corrected chi connectivity index (χ3v) is 3.86. The minimum atomic E-state index is -0.219. The van der Waals surface area contributed by atoms with E-state index in [1.165, 1.54) is 0 Å². The molecule has 0 saturated heterocycles. The summed E-state index contributed by atoms with van der Waals surface area (Å²) in [6, 6.07) is 9.61. The molecule has 6 nitrogen and oxygen atoms in total. The molecule has 0 aliphatic carbocycles. The van der Waals surface area contributed by atoms with E-state index >= 15 is 0 Å². The number of aromatic nitrogens is 3. The molecule has 0 atom stereocenters. The molecule has 1 aromatic carbocycles. The van der Waals surface area contributed by atoms with Crippen LogP contribution < -0.4 is 10.1 Å². The Labute approximate surface area is 140 Å². The molecule has 0 spiro atoms. The number of carbonyl (C=O) groups excluding carboxylic acids is 1. The molecule has 1 amide bonds. The van der Waals surface area contributed by atoms with Gasteiger partial charge in [0.15, 0.2) is 12.3 Å². The molecule has 124 valence electrons. The molecule has 0 saturated carbocycles. The van der Waals surface area contributed by atoms with Crippen molar-refractivity contribution in [2.24, 2.45) is 7.05 Å². The van der Waals surface area contributed by atoms with Crippen LogP contribution >= 0.6 is 0 Å². The molecule has 3 aromatic rings. The van der Waals surface area contributed by atoms with Crippen molar-refractivity contribution in [3.8, 4) is 5.75 Å². The number of rotatable bonds is 5. The molecule has 1 N–H and O–H groups in total. The molecule has 6 heteroatoms. The lowest BCUT2D eigenvalue weighted by Gasteiger charge is -2.10. The van der Waals surface area contributed by atoms with Crippen molar-refractivity contribution in [2.45, 2.75) is 20.3 Å². The van der Waals surface area contributed by atoms with Crippen LogP contribution in [0.3, 0.4) is 0 Å². The van der Waals surface area contributed by atoms with Gasteiger partial charge in [-0.05, 0) is 31.0 Å². The second kappa shape index (κ2) is 6.70. The van der Waals surface area contributed by atoms with E-state index in [-0.39, 0.29) is 12.5 Å². The van der Waals surface area contributed by atoms with E-state index in [1.54, 1.807) is 10.9 Å². The number of amides is 1. The topological polar surface area (TPSA) is 69.0 Å². The highest BCUT2D eigenvalue weighted by Gasteiger charge is 2.10. The highest BCUT2D eigenvalue weighted by molar-refractivity contribution is 5.94. The molecule has 0 aliphatic rings. The van der Waals surface area contributed by atoms with Crippen LogP contribution in [0.2, 0.25) is 0 Å². The summed E-state index contributed by atoms with van der Waals surface area (Å²) in [6.45, 7) is 3.93. The van der Waals surface area contributed by atoms with Gasteiger partial charge >= 0.3 is 0 Å². The van der Waals surface area contributed by atoms with E-state index in [0.717, 1.165) is 34.5 Å². The smallest absolute Gasteiger partial charge is 0.262 e. The van der Waals surface area contributed by atoms with Crippen molar-refractivity contribution in [3.05, 3.63) is 47.8 Å². The second-order valence-electron chi connectivity index (χ2n) is 5.60. The monoisotopic (exact) mass is 324 g/mol. The maximum atomic E-state index is 12.1. The molecule has 0 fully saturated rings. The first kappa shape index (κ1) is 16.0. The fourth-order valence-electron chi connectivity index (χ4n) is 2.65.